The molecule has 1 aromatic rings. The van der Waals surface area contributed by atoms with Gasteiger partial charge in [0, 0.05) is 0 Å². The van der Waals surface area contributed by atoms with E-state index in [9.17, 15) is 14.6 Å². The average molecular weight is 358 g/mol. The van der Waals surface area contributed by atoms with Gasteiger partial charge in [-0.15, -0.1) is 10.2 Å². The first-order valence-corrected chi connectivity index (χ1v) is 8.47. The summed E-state index contributed by atoms with van der Waals surface area (Å²) in [5, 5.41) is 29.1. The Hall–Kier alpha value is -1.63. The molecule has 0 spiro atoms. The Morgan fingerprint density at radius 3 is 3.00 bits per heavy atom. The van der Waals surface area contributed by atoms with Crippen LogP contribution in [0, 0.1) is 0 Å². The topological polar surface area (TPSA) is 148 Å². The fourth-order valence-corrected chi connectivity index (χ4v) is 3.33. The molecular formula is C11H15BN4O5S2. The second-order valence-electron chi connectivity index (χ2n) is 4.70. The number of nitrogens with one attached hydrogen (secondary N) is 1. The number of hydrogen-bond acceptors (Lipinski definition) is 9. The predicted octanol–water partition coefficient (Wildman–Crippen LogP) is -0.463. The number of carbonyl (C=O) groups is 2. The fourth-order valence-electron chi connectivity index (χ4n) is 1.89. The van der Waals surface area contributed by atoms with Crippen LogP contribution in [0.2, 0.25) is 0 Å². The highest BCUT2D eigenvalue weighted by Crippen LogP contribution is 2.23. The number of nitrogen functional groups attached to an aromatic ring is 1. The van der Waals surface area contributed by atoms with Crippen molar-refractivity contribution in [3.05, 3.63) is 12.2 Å². The molecule has 0 aliphatic carbocycles. The number of carboxylic acid groups (broad SMARTS) is 1. The van der Waals surface area contributed by atoms with Gasteiger partial charge in [-0.25, -0.2) is 0 Å². The molecule has 0 fully saturated rings. The van der Waals surface area contributed by atoms with E-state index in [1.807, 2.05) is 0 Å². The molecule has 5 N–H and O–H groups in total. The number of aromatic nitrogens is 2. The molecule has 2 atom stereocenters. The van der Waals surface area contributed by atoms with Gasteiger partial charge in [-0.3, -0.25) is 9.59 Å². The standard InChI is InChI=1S/C11H15BN4O5S2/c13-10-15-16-11(23-10)22-5-8(17)14-7-3-1-2-6(4-9(18)19)21-12(7)20/h1-2,6-7,20H,3-5H2,(H2,13,15)(H,14,17)(H,18,19)/t6-,7+/m1/s1. The number of thioether (sulfide) groups is 1. The lowest BCUT2D eigenvalue weighted by atomic mass is 9.77. The number of carbonyl (C=O) groups excluding carboxylic acids is 1. The summed E-state index contributed by atoms with van der Waals surface area (Å²) in [6, 6.07) is 0. The quantitative estimate of drug-likeness (QED) is 0.301. The van der Waals surface area contributed by atoms with E-state index in [1.165, 1.54) is 23.1 Å². The summed E-state index contributed by atoms with van der Waals surface area (Å²) in [6.45, 7) is 0. The van der Waals surface area contributed by atoms with Crippen LogP contribution in [0.25, 0.3) is 0 Å². The number of rotatable bonds is 6. The zero-order valence-electron chi connectivity index (χ0n) is 11.9. The van der Waals surface area contributed by atoms with E-state index in [1.54, 1.807) is 12.2 Å². The molecule has 0 radical (unpaired) electrons. The van der Waals surface area contributed by atoms with Crippen LogP contribution in [0.4, 0.5) is 5.13 Å². The highest BCUT2D eigenvalue weighted by molar-refractivity contribution is 8.01. The minimum atomic E-state index is -1.28. The van der Waals surface area contributed by atoms with Gasteiger partial charge in [0.2, 0.25) is 11.0 Å². The fraction of sp³-hybridized carbons (Fsp3) is 0.455. The van der Waals surface area contributed by atoms with Crippen molar-refractivity contribution in [2.24, 2.45) is 0 Å². The van der Waals surface area contributed by atoms with E-state index in [2.05, 4.69) is 15.5 Å². The zero-order valence-corrected chi connectivity index (χ0v) is 13.5. The molecule has 1 aromatic heterocycles. The van der Waals surface area contributed by atoms with Crippen LogP contribution in [0.5, 0.6) is 0 Å². The summed E-state index contributed by atoms with van der Waals surface area (Å²) in [6.07, 6.45) is 2.64. The van der Waals surface area contributed by atoms with Gasteiger partial charge in [0.15, 0.2) is 4.34 Å². The van der Waals surface area contributed by atoms with Gasteiger partial charge in [0.1, 0.15) is 0 Å². The minimum Gasteiger partial charge on any atom is -0.481 e. The Morgan fingerprint density at radius 2 is 2.35 bits per heavy atom. The zero-order chi connectivity index (χ0) is 16.8. The molecule has 0 unspecified atom stereocenters. The highest BCUT2D eigenvalue weighted by Gasteiger charge is 2.32. The minimum absolute atomic E-state index is 0.0973. The molecule has 0 bridgehead atoms. The lowest BCUT2D eigenvalue weighted by Crippen LogP contribution is -2.48. The summed E-state index contributed by atoms with van der Waals surface area (Å²) in [7, 11) is -1.28. The van der Waals surface area contributed by atoms with Gasteiger partial charge >= 0.3 is 13.1 Å². The van der Waals surface area contributed by atoms with Gasteiger partial charge in [-0.2, -0.15) is 0 Å². The van der Waals surface area contributed by atoms with Gasteiger partial charge in [0.05, 0.1) is 24.2 Å². The first-order chi connectivity index (χ1) is 10.9. The average Bonchev–Trinajstić information content (AvgIpc) is 2.81. The van der Waals surface area contributed by atoms with Crippen molar-refractivity contribution in [1.29, 1.82) is 0 Å². The molecule has 12 heteroatoms. The van der Waals surface area contributed by atoms with E-state index in [0.29, 0.717) is 15.9 Å². The van der Waals surface area contributed by atoms with Crippen molar-refractivity contribution < 1.29 is 24.4 Å². The van der Waals surface area contributed by atoms with E-state index in [4.69, 9.17) is 15.5 Å². The number of hydrogen-bond donors (Lipinski definition) is 4. The third-order valence-corrected chi connectivity index (χ3v) is 4.76. The molecule has 1 aliphatic heterocycles. The van der Waals surface area contributed by atoms with Crippen LogP contribution in [-0.4, -0.2) is 57.1 Å². The van der Waals surface area contributed by atoms with Crippen molar-refractivity contribution >= 4 is 47.2 Å². The molecule has 2 rings (SSSR count). The Balaban J connectivity index is 1.81. The molecule has 1 aliphatic rings. The van der Waals surface area contributed by atoms with Crippen molar-refractivity contribution in [3.8, 4) is 0 Å². The number of nitrogens with two attached hydrogens (primary N) is 1. The summed E-state index contributed by atoms with van der Waals surface area (Å²) < 4.78 is 5.81. The van der Waals surface area contributed by atoms with Crippen molar-refractivity contribution in [2.45, 2.75) is 29.2 Å². The molecule has 2 heterocycles. The largest absolute Gasteiger partial charge is 0.481 e. The Bertz CT molecular complexity index is 599. The van der Waals surface area contributed by atoms with E-state index in [0.717, 1.165) is 0 Å². The van der Waals surface area contributed by atoms with Crippen LogP contribution in [0.1, 0.15) is 12.8 Å². The van der Waals surface area contributed by atoms with Crippen LogP contribution < -0.4 is 11.1 Å². The molecule has 0 saturated heterocycles. The van der Waals surface area contributed by atoms with Gasteiger partial charge in [0.25, 0.3) is 0 Å². The number of nitrogens with zero attached hydrogens (tertiary/aromatic N) is 2. The van der Waals surface area contributed by atoms with E-state index >= 15 is 0 Å². The normalized spacial score (nSPS) is 21.0. The maximum atomic E-state index is 11.9. The number of amides is 1. The number of carboxylic acids is 1. The van der Waals surface area contributed by atoms with Crippen LogP contribution in [-0.2, 0) is 14.2 Å². The Labute approximate surface area is 140 Å². The Morgan fingerprint density at radius 1 is 1.57 bits per heavy atom. The SMILES string of the molecule is Nc1nnc(SCC(=O)N[C@H]2CC=C[C@H](CC(=O)O)OB2O)s1. The molecule has 0 saturated carbocycles. The van der Waals surface area contributed by atoms with E-state index < -0.39 is 25.1 Å². The van der Waals surface area contributed by atoms with E-state index in [-0.39, 0.29) is 18.1 Å². The van der Waals surface area contributed by atoms with Crippen molar-refractivity contribution in [3.63, 3.8) is 0 Å². The summed E-state index contributed by atoms with van der Waals surface area (Å²) >= 11 is 2.37. The second-order valence-corrected chi connectivity index (χ2v) is 6.93. The summed E-state index contributed by atoms with van der Waals surface area (Å²) in [4.78, 5) is 22.6. The Kier molecular flexibility index (Phi) is 6.39. The first-order valence-electron chi connectivity index (χ1n) is 6.67. The molecular weight excluding hydrogens is 343 g/mol. The predicted molar refractivity (Wildman–Crippen MR) is 85.8 cm³/mol. The smallest absolute Gasteiger partial charge is 0.478 e. The number of aliphatic carboxylic acids is 1. The van der Waals surface area contributed by atoms with Crippen LogP contribution in [0.15, 0.2) is 16.5 Å². The lowest BCUT2D eigenvalue weighted by molar-refractivity contribution is -0.138. The second kappa shape index (κ2) is 8.29. The molecule has 23 heavy (non-hydrogen) atoms. The summed E-state index contributed by atoms with van der Waals surface area (Å²) in [5.74, 6) is -1.87. The van der Waals surface area contributed by atoms with Gasteiger partial charge < -0.3 is 25.8 Å². The number of anilines is 1. The van der Waals surface area contributed by atoms with Crippen molar-refractivity contribution in [1.82, 2.24) is 15.5 Å². The van der Waals surface area contributed by atoms with Gasteiger partial charge in [-0.05, 0) is 6.42 Å². The van der Waals surface area contributed by atoms with Crippen molar-refractivity contribution in [2.75, 3.05) is 11.5 Å². The monoisotopic (exact) mass is 358 g/mol. The van der Waals surface area contributed by atoms with Gasteiger partial charge in [-0.1, -0.05) is 35.3 Å². The first kappa shape index (κ1) is 17.7. The third kappa shape index (κ3) is 5.82. The highest BCUT2D eigenvalue weighted by atomic mass is 32.2. The summed E-state index contributed by atoms with van der Waals surface area (Å²) in [5.41, 5.74) is 5.45. The maximum Gasteiger partial charge on any atom is 0.478 e. The third-order valence-electron chi connectivity index (χ3n) is 2.87. The molecule has 9 nitrogen and oxygen atoms in total. The molecule has 124 valence electrons. The maximum absolute atomic E-state index is 11.9. The lowest BCUT2D eigenvalue weighted by Gasteiger charge is -2.19. The molecule has 0 aromatic carbocycles. The van der Waals surface area contributed by atoms with Crippen LogP contribution in [0.3, 0.4) is 0 Å². The van der Waals surface area contributed by atoms with Crippen LogP contribution >= 0.6 is 23.1 Å². The molecule has 1 amide bonds.